The molecule has 0 aromatic rings. The number of nitrogens with two attached hydrogens (primary N) is 1. The Morgan fingerprint density at radius 1 is 0.677 bits per heavy atom. The molecule has 4 nitrogen and oxygen atoms in total. The molecule has 0 rings (SSSR count). The second-order valence-electron chi connectivity index (χ2n) is 9.64. The summed E-state index contributed by atoms with van der Waals surface area (Å²) in [7, 11) is 0. The Hall–Kier alpha value is -0.610. The van der Waals surface area contributed by atoms with E-state index in [4.69, 9.17) is 10.9 Å². The quantitative estimate of drug-likeness (QED) is 0.0843. The van der Waals surface area contributed by atoms with Gasteiger partial charge in [0.25, 0.3) is 0 Å². The SMILES string of the molecule is CC(C)CCNN.CCCCCCCCCCCCCCCCCCCCCC(=O)O. The molecule has 0 fully saturated rings. The summed E-state index contributed by atoms with van der Waals surface area (Å²) in [6, 6.07) is 0. The maximum Gasteiger partial charge on any atom is 0.303 e. The lowest BCUT2D eigenvalue weighted by atomic mass is 10.0. The molecule has 31 heavy (non-hydrogen) atoms. The highest BCUT2D eigenvalue weighted by Crippen LogP contribution is 2.14. The summed E-state index contributed by atoms with van der Waals surface area (Å²) in [5, 5.41) is 8.56. The van der Waals surface area contributed by atoms with Gasteiger partial charge in [0.2, 0.25) is 0 Å². The fraction of sp³-hybridized carbons (Fsp3) is 0.963. The Balaban J connectivity index is 0. The summed E-state index contributed by atoms with van der Waals surface area (Å²) < 4.78 is 0. The first-order valence-electron chi connectivity index (χ1n) is 13.7. The van der Waals surface area contributed by atoms with Gasteiger partial charge in [-0.3, -0.25) is 16.1 Å². The van der Waals surface area contributed by atoms with Gasteiger partial charge in [-0.05, 0) is 18.8 Å². The Morgan fingerprint density at radius 2 is 1.00 bits per heavy atom. The summed E-state index contributed by atoms with van der Waals surface area (Å²) in [5.74, 6) is 5.14. The van der Waals surface area contributed by atoms with Crippen molar-refractivity contribution in [2.24, 2.45) is 11.8 Å². The number of rotatable bonds is 23. The van der Waals surface area contributed by atoms with Crippen molar-refractivity contribution in [1.82, 2.24) is 5.43 Å². The number of carbonyl (C=O) groups is 1. The standard InChI is InChI=1S/C22H44O2.C5H14N2/c1-2-3-4-5-6-7-8-9-10-11-12-13-14-15-16-17-18-19-20-21-22(23)24;1-5(2)3-4-7-6/h2-21H2,1H3,(H,23,24);5,7H,3-4,6H2,1-2H3. The molecule has 0 unspecified atom stereocenters. The Bertz CT molecular complexity index is 335. The van der Waals surface area contributed by atoms with E-state index in [0.717, 1.165) is 31.7 Å². The van der Waals surface area contributed by atoms with Gasteiger partial charge < -0.3 is 5.11 Å². The molecule has 0 bridgehead atoms. The zero-order chi connectivity index (χ0) is 23.4. The van der Waals surface area contributed by atoms with Gasteiger partial charge in [-0.2, -0.15) is 0 Å². The second kappa shape index (κ2) is 29.4. The first kappa shape index (κ1) is 32.6. The number of hydrogen-bond acceptors (Lipinski definition) is 3. The van der Waals surface area contributed by atoms with Crippen LogP contribution in [0.3, 0.4) is 0 Å². The third-order valence-corrected chi connectivity index (χ3v) is 5.86. The maximum absolute atomic E-state index is 10.4. The lowest BCUT2D eigenvalue weighted by molar-refractivity contribution is -0.137. The van der Waals surface area contributed by atoms with Crippen LogP contribution in [-0.4, -0.2) is 17.6 Å². The lowest BCUT2D eigenvalue weighted by Crippen LogP contribution is -2.23. The van der Waals surface area contributed by atoms with Crippen molar-refractivity contribution < 1.29 is 9.90 Å². The Labute approximate surface area is 195 Å². The highest BCUT2D eigenvalue weighted by atomic mass is 16.4. The molecule has 0 atom stereocenters. The monoisotopic (exact) mass is 442 g/mol. The summed E-state index contributed by atoms with van der Waals surface area (Å²) in [6.07, 6.45) is 27.3. The minimum atomic E-state index is -0.651. The van der Waals surface area contributed by atoms with Gasteiger partial charge in [0.1, 0.15) is 0 Å². The Kier molecular flexibility index (Phi) is 30.9. The van der Waals surface area contributed by atoms with Gasteiger partial charge >= 0.3 is 5.97 Å². The van der Waals surface area contributed by atoms with Gasteiger partial charge in [0.15, 0.2) is 0 Å². The van der Waals surface area contributed by atoms with Gasteiger partial charge in [0, 0.05) is 13.0 Å². The first-order valence-corrected chi connectivity index (χ1v) is 13.7. The van der Waals surface area contributed by atoms with Crippen LogP contribution in [-0.2, 0) is 4.79 Å². The van der Waals surface area contributed by atoms with Crippen molar-refractivity contribution in [3.8, 4) is 0 Å². The van der Waals surface area contributed by atoms with Gasteiger partial charge in [-0.25, -0.2) is 0 Å². The second-order valence-corrected chi connectivity index (χ2v) is 9.64. The molecule has 0 aromatic carbocycles. The van der Waals surface area contributed by atoms with Crippen LogP contribution < -0.4 is 11.3 Å². The van der Waals surface area contributed by atoms with Crippen LogP contribution in [0.5, 0.6) is 0 Å². The van der Waals surface area contributed by atoms with Crippen LogP contribution >= 0.6 is 0 Å². The maximum atomic E-state index is 10.4. The van der Waals surface area contributed by atoms with E-state index in [9.17, 15) is 4.79 Å². The first-order chi connectivity index (χ1) is 15.0. The van der Waals surface area contributed by atoms with E-state index in [2.05, 4.69) is 26.2 Å². The Morgan fingerprint density at radius 3 is 1.23 bits per heavy atom. The van der Waals surface area contributed by atoms with Crippen LogP contribution in [0.1, 0.15) is 156 Å². The fourth-order valence-electron chi connectivity index (χ4n) is 3.73. The molecule has 4 heteroatoms. The third kappa shape index (κ3) is 37.1. The number of aliphatic carboxylic acids is 1. The zero-order valence-electron chi connectivity index (χ0n) is 21.6. The number of unbranched alkanes of at least 4 members (excludes halogenated alkanes) is 18. The van der Waals surface area contributed by atoms with E-state index in [1.165, 1.54) is 109 Å². The van der Waals surface area contributed by atoms with Crippen molar-refractivity contribution >= 4 is 5.97 Å². The fourth-order valence-corrected chi connectivity index (χ4v) is 3.73. The number of hydrazine groups is 1. The summed E-state index contributed by atoms with van der Waals surface area (Å²) in [5.41, 5.74) is 2.60. The third-order valence-electron chi connectivity index (χ3n) is 5.86. The summed E-state index contributed by atoms with van der Waals surface area (Å²) in [4.78, 5) is 10.4. The molecular formula is C27H58N2O2. The molecule has 0 saturated carbocycles. The highest BCUT2D eigenvalue weighted by molar-refractivity contribution is 5.66. The van der Waals surface area contributed by atoms with Crippen molar-refractivity contribution in [1.29, 1.82) is 0 Å². The van der Waals surface area contributed by atoms with E-state index >= 15 is 0 Å². The van der Waals surface area contributed by atoms with E-state index in [-0.39, 0.29) is 0 Å². The number of nitrogens with one attached hydrogen (secondary N) is 1. The summed E-state index contributed by atoms with van der Waals surface area (Å²) >= 11 is 0. The number of carboxylic acids is 1. The average Bonchev–Trinajstić information content (AvgIpc) is 2.74. The number of carboxylic acid groups (broad SMARTS) is 1. The van der Waals surface area contributed by atoms with E-state index in [0.29, 0.717) is 6.42 Å². The average molecular weight is 443 g/mol. The minimum absolute atomic E-state index is 0.346. The predicted molar refractivity (Wildman–Crippen MR) is 137 cm³/mol. The van der Waals surface area contributed by atoms with Crippen molar-refractivity contribution in [3.05, 3.63) is 0 Å². The van der Waals surface area contributed by atoms with E-state index < -0.39 is 5.97 Å². The molecule has 0 saturated heterocycles. The predicted octanol–water partition coefficient (Wildman–Crippen LogP) is 8.39. The van der Waals surface area contributed by atoms with Crippen molar-refractivity contribution in [3.63, 3.8) is 0 Å². The molecule has 0 radical (unpaired) electrons. The molecule has 0 spiro atoms. The van der Waals surface area contributed by atoms with Crippen LogP contribution in [0.4, 0.5) is 0 Å². The zero-order valence-corrected chi connectivity index (χ0v) is 21.6. The largest absolute Gasteiger partial charge is 0.481 e. The molecule has 0 amide bonds. The lowest BCUT2D eigenvalue weighted by Gasteiger charge is -2.03. The van der Waals surface area contributed by atoms with Crippen molar-refractivity contribution in [2.45, 2.75) is 156 Å². The molecule has 0 aromatic heterocycles. The molecule has 4 N–H and O–H groups in total. The highest BCUT2D eigenvalue weighted by Gasteiger charge is 1.97. The molecule has 0 aliphatic rings. The van der Waals surface area contributed by atoms with Gasteiger partial charge in [-0.1, -0.05) is 136 Å². The molecule has 0 heterocycles. The van der Waals surface area contributed by atoms with Crippen LogP contribution in [0.15, 0.2) is 0 Å². The summed E-state index contributed by atoms with van der Waals surface area (Å²) in [6.45, 7) is 7.57. The topological polar surface area (TPSA) is 75.3 Å². The van der Waals surface area contributed by atoms with Crippen molar-refractivity contribution in [2.75, 3.05) is 6.54 Å². The van der Waals surface area contributed by atoms with Crippen LogP contribution in [0, 0.1) is 5.92 Å². The van der Waals surface area contributed by atoms with Crippen LogP contribution in [0.25, 0.3) is 0 Å². The molecule has 0 aliphatic carbocycles. The van der Waals surface area contributed by atoms with E-state index in [1.807, 2.05) is 0 Å². The van der Waals surface area contributed by atoms with Crippen LogP contribution in [0.2, 0.25) is 0 Å². The minimum Gasteiger partial charge on any atom is -0.481 e. The van der Waals surface area contributed by atoms with Gasteiger partial charge in [-0.15, -0.1) is 0 Å². The molecule has 0 aliphatic heterocycles. The smallest absolute Gasteiger partial charge is 0.303 e. The van der Waals surface area contributed by atoms with Gasteiger partial charge in [0.05, 0.1) is 0 Å². The van der Waals surface area contributed by atoms with E-state index in [1.54, 1.807) is 0 Å². The number of hydrogen-bond donors (Lipinski definition) is 3. The normalized spacial score (nSPS) is 10.9. The molecule has 188 valence electrons. The molecular weight excluding hydrogens is 384 g/mol.